The van der Waals surface area contributed by atoms with Crippen LogP contribution in [-0.2, 0) is 20.8 Å². The maximum atomic E-state index is 12.3. The van der Waals surface area contributed by atoms with Gasteiger partial charge < -0.3 is 20.1 Å². The summed E-state index contributed by atoms with van der Waals surface area (Å²) in [4.78, 5) is 36.5. The highest BCUT2D eigenvalue weighted by Gasteiger charge is 2.13. The second-order valence-corrected chi connectivity index (χ2v) is 7.95. The Bertz CT molecular complexity index is 1220. The Hall–Kier alpha value is -4.66. The molecule has 0 saturated carbocycles. The van der Waals surface area contributed by atoms with Gasteiger partial charge in [0, 0.05) is 16.9 Å². The van der Waals surface area contributed by atoms with E-state index < -0.39 is 11.8 Å². The first-order valence-corrected chi connectivity index (χ1v) is 12.0. The van der Waals surface area contributed by atoms with E-state index in [4.69, 9.17) is 9.47 Å². The average molecular weight is 503 g/mol. The van der Waals surface area contributed by atoms with Crippen molar-refractivity contribution in [3.63, 3.8) is 0 Å². The maximum absolute atomic E-state index is 12.3. The Labute approximate surface area is 215 Å². The number of hydrogen-bond donors (Lipinski definition) is 3. The molecule has 0 heterocycles. The van der Waals surface area contributed by atoms with E-state index in [0.717, 1.165) is 12.8 Å². The molecule has 192 valence electrons. The summed E-state index contributed by atoms with van der Waals surface area (Å²) >= 11 is 0. The maximum Gasteiger partial charge on any atom is 0.329 e. The number of benzene rings is 3. The molecule has 0 saturated heterocycles. The minimum absolute atomic E-state index is 0.211. The summed E-state index contributed by atoms with van der Waals surface area (Å²) in [5, 5.41) is 9.11. The Balaban J connectivity index is 1.49. The molecule has 3 rings (SSSR count). The van der Waals surface area contributed by atoms with Crippen LogP contribution in [0.5, 0.6) is 11.5 Å². The van der Waals surface area contributed by atoms with Crippen LogP contribution in [0.2, 0.25) is 0 Å². The van der Waals surface area contributed by atoms with Crippen LogP contribution in [0, 0.1) is 0 Å². The molecule has 0 aliphatic carbocycles. The predicted octanol–water partition coefficient (Wildman–Crippen LogP) is 4.14. The summed E-state index contributed by atoms with van der Waals surface area (Å²) in [7, 11) is 0. The van der Waals surface area contributed by atoms with Gasteiger partial charge in [-0.25, -0.2) is 5.43 Å². The summed E-state index contributed by atoms with van der Waals surface area (Å²) in [5.41, 5.74) is 5.02. The minimum atomic E-state index is -0.936. The molecule has 0 fully saturated rings. The van der Waals surface area contributed by atoms with Crippen molar-refractivity contribution in [1.82, 2.24) is 5.43 Å². The quantitative estimate of drug-likeness (QED) is 0.207. The molecule has 37 heavy (non-hydrogen) atoms. The third-order valence-electron chi connectivity index (χ3n) is 5.08. The number of carbonyl (C=O) groups excluding carboxylic acids is 3. The Kier molecular flexibility index (Phi) is 10.2. The molecule has 0 spiro atoms. The molecular weight excluding hydrogens is 472 g/mol. The van der Waals surface area contributed by atoms with Gasteiger partial charge in [0.1, 0.15) is 11.5 Å². The zero-order valence-electron chi connectivity index (χ0n) is 20.8. The van der Waals surface area contributed by atoms with E-state index in [9.17, 15) is 14.4 Å². The number of carbonyl (C=O) groups is 3. The number of amides is 3. The van der Waals surface area contributed by atoms with Gasteiger partial charge in [-0.05, 0) is 66.9 Å². The van der Waals surface area contributed by atoms with Gasteiger partial charge in [-0.15, -0.1) is 0 Å². The van der Waals surface area contributed by atoms with Gasteiger partial charge >= 0.3 is 11.8 Å². The first-order valence-electron chi connectivity index (χ1n) is 12.0. The molecule has 9 heteroatoms. The van der Waals surface area contributed by atoms with E-state index in [0.29, 0.717) is 35.0 Å². The van der Waals surface area contributed by atoms with Gasteiger partial charge in [-0.3, -0.25) is 14.4 Å². The van der Waals surface area contributed by atoms with Gasteiger partial charge in [0.25, 0.3) is 5.91 Å². The third kappa shape index (κ3) is 8.81. The summed E-state index contributed by atoms with van der Waals surface area (Å²) in [6, 6.07) is 21.2. The lowest BCUT2D eigenvalue weighted by Crippen LogP contribution is -2.32. The van der Waals surface area contributed by atoms with E-state index in [1.165, 1.54) is 11.8 Å². The fourth-order valence-corrected chi connectivity index (χ4v) is 3.14. The Morgan fingerprint density at radius 1 is 0.811 bits per heavy atom. The van der Waals surface area contributed by atoms with Gasteiger partial charge in [0.2, 0.25) is 0 Å². The van der Waals surface area contributed by atoms with Crippen LogP contribution in [0.15, 0.2) is 77.9 Å². The third-order valence-corrected chi connectivity index (χ3v) is 5.08. The molecule has 9 nitrogen and oxygen atoms in total. The number of anilines is 2. The van der Waals surface area contributed by atoms with E-state index in [2.05, 4.69) is 28.1 Å². The van der Waals surface area contributed by atoms with E-state index in [1.54, 1.807) is 48.5 Å². The normalized spacial score (nSPS) is 10.5. The molecular formula is C28H30N4O5. The molecule has 0 aromatic heterocycles. The lowest BCUT2D eigenvalue weighted by atomic mass is 10.1. The summed E-state index contributed by atoms with van der Waals surface area (Å²) in [6.07, 6.45) is 3.14. The topological polar surface area (TPSA) is 118 Å². The number of nitrogens with zero attached hydrogens (tertiary/aromatic N) is 1. The SMILES string of the molecule is CCCOc1ccc(NC(=O)C(=O)N/N=C\c2ccccc2OCC(=O)Nc2ccc(CC)cc2)cc1. The highest BCUT2D eigenvalue weighted by molar-refractivity contribution is 6.39. The zero-order chi connectivity index (χ0) is 26.5. The molecule has 0 radical (unpaired) electrons. The van der Waals surface area contributed by atoms with Crippen molar-refractivity contribution in [3.05, 3.63) is 83.9 Å². The fraction of sp³-hybridized carbons (Fsp3) is 0.214. The number of rotatable bonds is 11. The van der Waals surface area contributed by atoms with Crippen LogP contribution in [0.3, 0.4) is 0 Å². The number of hydrazone groups is 1. The first kappa shape index (κ1) is 26.9. The number of ether oxygens (including phenoxy) is 2. The van der Waals surface area contributed by atoms with Crippen molar-refractivity contribution in [2.24, 2.45) is 5.10 Å². The monoisotopic (exact) mass is 502 g/mol. The van der Waals surface area contributed by atoms with Crippen molar-refractivity contribution in [3.8, 4) is 11.5 Å². The van der Waals surface area contributed by atoms with Crippen LogP contribution in [0.4, 0.5) is 11.4 Å². The highest BCUT2D eigenvalue weighted by atomic mass is 16.5. The highest BCUT2D eigenvalue weighted by Crippen LogP contribution is 2.17. The summed E-state index contributed by atoms with van der Waals surface area (Å²) < 4.78 is 11.1. The number of aryl methyl sites for hydroxylation is 1. The Morgan fingerprint density at radius 2 is 1.49 bits per heavy atom. The van der Waals surface area contributed by atoms with Crippen LogP contribution in [-0.4, -0.2) is 37.1 Å². The molecule has 3 aromatic carbocycles. The van der Waals surface area contributed by atoms with Crippen molar-refractivity contribution in [1.29, 1.82) is 0 Å². The van der Waals surface area contributed by atoms with Crippen molar-refractivity contribution in [2.75, 3.05) is 23.8 Å². The second-order valence-electron chi connectivity index (χ2n) is 7.95. The van der Waals surface area contributed by atoms with Crippen LogP contribution in [0.1, 0.15) is 31.4 Å². The molecule has 0 atom stereocenters. The standard InChI is InChI=1S/C28H30N4O5/c1-3-17-36-24-15-13-23(14-16-24)31-27(34)28(35)32-29-18-21-7-5-6-8-25(21)37-19-26(33)30-22-11-9-20(4-2)10-12-22/h5-16,18H,3-4,17,19H2,1-2H3,(H,30,33)(H,31,34)(H,32,35)/b29-18-. The Morgan fingerprint density at radius 3 is 2.19 bits per heavy atom. The van der Waals surface area contributed by atoms with Crippen molar-refractivity contribution >= 4 is 35.3 Å². The number of nitrogens with one attached hydrogen (secondary N) is 3. The number of hydrogen-bond acceptors (Lipinski definition) is 6. The van der Waals surface area contributed by atoms with Crippen LogP contribution in [0.25, 0.3) is 0 Å². The fourth-order valence-electron chi connectivity index (χ4n) is 3.14. The van der Waals surface area contributed by atoms with E-state index >= 15 is 0 Å². The van der Waals surface area contributed by atoms with Crippen molar-refractivity contribution in [2.45, 2.75) is 26.7 Å². The molecule has 3 amide bonds. The largest absolute Gasteiger partial charge is 0.494 e. The lowest BCUT2D eigenvalue weighted by molar-refractivity contribution is -0.136. The molecule has 3 N–H and O–H groups in total. The average Bonchev–Trinajstić information content (AvgIpc) is 2.92. The van der Waals surface area contributed by atoms with Crippen LogP contribution < -0.4 is 25.5 Å². The molecule has 0 unspecified atom stereocenters. The number of para-hydroxylation sites is 1. The van der Waals surface area contributed by atoms with Gasteiger partial charge in [0.15, 0.2) is 6.61 Å². The van der Waals surface area contributed by atoms with E-state index in [1.807, 2.05) is 31.2 Å². The smallest absolute Gasteiger partial charge is 0.329 e. The lowest BCUT2D eigenvalue weighted by Gasteiger charge is -2.10. The van der Waals surface area contributed by atoms with E-state index in [-0.39, 0.29) is 12.5 Å². The van der Waals surface area contributed by atoms with Crippen molar-refractivity contribution < 1.29 is 23.9 Å². The molecule has 3 aromatic rings. The van der Waals surface area contributed by atoms with Crippen LogP contribution >= 0.6 is 0 Å². The second kappa shape index (κ2) is 14.0. The summed E-state index contributed by atoms with van der Waals surface area (Å²) in [6.45, 7) is 4.46. The zero-order valence-corrected chi connectivity index (χ0v) is 20.8. The molecule has 0 aliphatic heterocycles. The van der Waals surface area contributed by atoms with Gasteiger partial charge in [0.05, 0.1) is 12.8 Å². The predicted molar refractivity (Wildman–Crippen MR) is 143 cm³/mol. The summed E-state index contributed by atoms with van der Waals surface area (Å²) in [5.74, 6) is -1.04. The molecule has 0 bridgehead atoms. The minimum Gasteiger partial charge on any atom is -0.494 e. The van der Waals surface area contributed by atoms with Gasteiger partial charge in [-0.1, -0.05) is 38.1 Å². The first-order chi connectivity index (χ1) is 18.0. The molecule has 0 aliphatic rings. The van der Waals surface area contributed by atoms with Gasteiger partial charge in [-0.2, -0.15) is 5.10 Å².